The van der Waals surface area contributed by atoms with Gasteiger partial charge in [0, 0.05) is 18.8 Å². The Morgan fingerprint density at radius 1 is 1.00 bits per heavy atom. The van der Waals surface area contributed by atoms with Crippen LogP contribution in [0, 0.1) is 0 Å². The van der Waals surface area contributed by atoms with Crippen LogP contribution in [0.2, 0.25) is 0 Å². The second-order valence-corrected chi connectivity index (χ2v) is 8.20. The van der Waals surface area contributed by atoms with Crippen LogP contribution in [0.5, 0.6) is 5.75 Å². The second kappa shape index (κ2) is 9.50. The van der Waals surface area contributed by atoms with Crippen LogP contribution in [-0.2, 0) is 5.60 Å². The summed E-state index contributed by atoms with van der Waals surface area (Å²) in [5.74, 6) is 1.27. The highest BCUT2D eigenvalue weighted by Crippen LogP contribution is 2.44. The molecule has 4 nitrogen and oxygen atoms in total. The van der Waals surface area contributed by atoms with E-state index in [1.165, 1.54) is 25.9 Å². The molecule has 2 N–H and O–H groups in total. The van der Waals surface area contributed by atoms with E-state index in [0.29, 0.717) is 5.76 Å². The average Bonchev–Trinajstić information content (AvgIpc) is 3.50. The molecule has 1 aliphatic rings. The Balaban J connectivity index is 1.56. The van der Waals surface area contributed by atoms with E-state index in [1.54, 1.807) is 11.2 Å². The third-order valence-corrected chi connectivity index (χ3v) is 6.34. The summed E-state index contributed by atoms with van der Waals surface area (Å²) < 4.78 is 11.7. The highest BCUT2D eigenvalue weighted by Gasteiger charge is 2.42. The fourth-order valence-corrected chi connectivity index (χ4v) is 4.71. The predicted octanol–water partition coefficient (Wildman–Crippen LogP) is 3.77. The zero-order valence-corrected chi connectivity index (χ0v) is 17.7. The van der Waals surface area contributed by atoms with E-state index in [4.69, 9.17) is 9.15 Å². The first kappa shape index (κ1) is 20.7. The third-order valence-electron chi connectivity index (χ3n) is 6.34. The lowest BCUT2D eigenvalue weighted by Gasteiger charge is -2.35. The number of rotatable bonds is 9. The van der Waals surface area contributed by atoms with E-state index in [-0.39, 0.29) is 5.92 Å². The van der Waals surface area contributed by atoms with Crippen molar-refractivity contribution in [2.24, 2.45) is 0 Å². The maximum Gasteiger partial charge on any atom is 0.154 e. The minimum Gasteiger partial charge on any atom is -0.488 e. The normalized spacial score (nSPS) is 17.5. The average molecular weight is 407 g/mol. The standard InChI is InChI=1S/C26H31NO3/c1-2-24(21-9-4-3-5-10-21)26(28,25-11-8-19-30-25)22-12-14-23(15-13-22)29-20-18-27-16-6-7-17-27/h3-5,8-15,19,24,28H,2,6-7,16-18,20H2,1H3/p+1/t24-,26+/m0/s1. The topological polar surface area (TPSA) is 47.0 Å². The van der Waals surface area contributed by atoms with Gasteiger partial charge >= 0.3 is 0 Å². The first-order valence-electron chi connectivity index (χ1n) is 11.1. The van der Waals surface area contributed by atoms with Crippen LogP contribution in [0.15, 0.2) is 77.4 Å². The van der Waals surface area contributed by atoms with Gasteiger partial charge in [0.05, 0.1) is 19.4 Å². The third kappa shape index (κ3) is 4.30. The second-order valence-electron chi connectivity index (χ2n) is 8.20. The monoisotopic (exact) mass is 406 g/mol. The van der Waals surface area contributed by atoms with Gasteiger partial charge in [-0.2, -0.15) is 0 Å². The molecule has 1 saturated heterocycles. The van der Waals surface area contributed by atoms with Crippen LogP contribution in [0.1, 0.15) is 49.0 Å². The largest absolute Gasteiger partial charge is 0.488 e. The maximum atomic E-state index is 12.0. The fraction of sp³-hybridized carbons (Fsp3) is 0.385. The summed E-state index contributed by atoms with van der Waals surface area (Å²) in [5, 5.41) is 12.0. The fourth-order valence-electron chi connectivity index (χ4n) is 4.71. The summed E-state index contributed by atoms with van der Waals surface area (Å²) in [6.45, 7) is 6.39. The lowest BCUT2D eigenvalue weighted by atomic mass is 9.74. The van der Waals surface area contributed by atoms with Crippen LogP contribution in [0.4, 0.5) is 0 Å². The molecule has 30 heavy (non-hydrogen) atoms. The summed E-state index contributed by atoms with van der Waals surface area (Å²) in [6, 6.07) is 21.7. The van der Waals surface area contributed by atoms with E-state index in [9.17, 15) is 5.11 Å². The maximum absolute atomic E-state index is 12.0. The van der Waals surface area contributed by atoms with Crippen molar-refractivity contribution in [3.8, 4) is 5.75 Å². The molecule has 0 saturated carbocycles. The van der Waals surface area contributed by atoms with Gasteiger partial charge in [0.15, 0.2) is 5.60 Å². The lowest BCUT2D eigenvalue weighted by molar-refractivity contribution is -0.887. The van der Waals surface area contributed by atoms with E-state index in [1.807, 2.05) is 54.6 Å². The Bertz CT molecular complexity index is 886. The van der Waals surface area contributed by atoms with Crippen LogP contribution in [0.3, 0.4) is 0 Å². The van der Waals surface area contributed by atoms with Crippen LogP contribution in [-0.4, -0.2) is 31.3 Å². The predicted molar refractivity (Wildman–Crippen MR) is 118 cm³/mol. The summed E-state index contributed by atoms with van der Waals surface area (Å²) in [4.78, 5) is 1.63. The molecule has 2 aromatic carbocycles. The summed E-state index contributed by atoms with van der Waals surface area (Å²) in [5.41, 5.74) is 0.649. The minimum atomic E-state index is -1.25. The molecule has 158 valence electrons. The van der Waals surface area contributed by atoms with Crippen molar-refractivity contribution in [2.75, 3.05) is 26.2 Å². The number of hydrogen-bond acceptors (Lipinski definition) is 3. The quantitative estimate of drug-likeness (QED) is 0.569. The zero-order valence-electron chi connectivity index (χ0n) is 17.7. The number of ether oxygens (including phenoxy) is 1. The molecule has 1 aliphatic heterocycles. The number of hydrogen-bond donors (Lipinski definition) is 2. The van der Waals surface area contributed by atoms with Gasteiger partial charge in [-0.3, -0.25) is 0 Å². The molecule has 0 radical (unpaired) electrons. The van der Waals surface area contributed by atoms with E-state index >= 15 is 0 Å². The van der Waals surface area contributed by atoms with Crippen molar-refractivity contribution < 1.29 is 19.2 Å². The van der Waals surface area contributed by atoms with Crippen LogP contribution >= 0.6 is 0 Å². The van der Waals surface area contributed by atoms with E-state index < -0.39 is 5.60 Å². The molecule has 2 heterocycles. The molecule has 4 rings (SSSR count). The minimum absolute atomic E-state index is 0.129. The van der Waals surface area contributed by atoms with Crippen molar-refractivity contribution in [1.82, 2.24) is 0 Å². The van der Waals surface area contributed by atoms with Crippen LogP contribution < -0.4 is 9.64 Å². The molecular formula is C26H32NO3+. The van der Waals surface area contributed by atoms with Crippen molar-refractivity contribution in [3.63, 3.8) is 0 Å². The molecule has 0 bridgehead atoms. The molecule has 3 aromatic rings. The first-order chi connectivity index (χ1) is 14.7. The SMILES string of the molecule is CC[C@@H](c1ccccc1)[C@](O)(c1ccc(OCC[NH+]2CCCC2)cc1)c1ccco1. The Kier molecular flexibility index (Phi) is 6.56. The molecule has 1 aromatic heterocycles. The van der Waals surface area contributed by atoms with Crippen molar-refractivity contribution in [3.05, 3.63) is 89.9 Å². The summed E-state index contributed by atoms with van der Waals surface area (Å²) in [6.07, 6.45) is 5.05. The van der Waals surface area contributed by atoms with Crippen molar-refractivity contribution in [2.45, 2.75) is 37.7 Å². The van der Waals surface area contributed by atoms with Gasteiger partial charge in [0.25, 0.3) is 0 Å². The van der Waals surface area contributed by atoms with Crippen molar-refractivity contribution >= 4 is 0 Å². The molecule has 0 amide bonds. The Morgan fingerprint density at radius 2 is 1.73 bits per heavy atom. The number of nitrogens with one attached hydrogen (secondary N) is 1. The highest BCUT2D eigenvalue weighted by molar-refractivity contribution is 5.40. The molecular weight excluding hydrogens is 374 g/mol. The molecule has 0 aliphatic carbocycles. The zero-order chi connectivity index (χ0) is 20.8. The Labute approximate surface area is 179 Å². The van der Waals surface area contributed by atoms with Gasteiger partial charge in [0.1, 0.15) is 24.7 Å². The summed E-state index contributed by atoms with van der Waals surface area (Å²) >= 11 is 0. The van der Waals surface area contributed by atoms with Gasteiger partial charge in [-0.05, 0) is 41.8 Å². The Morgan fingerprint density at radius 3 is 2.37 bits per heavy atom. The van der Waals surface area contributed by atoms with Gasteiger partial charge in [-0.25, -0.2) is 0 Å². The first-order valence-corrected chi connectivity index (χ1v) is 11.1. The smallest absolute Gasteiger partial charge is 0.154 e. The van der Waals surface area contributed by atoms with E-state index in [2.05, 4.69) is 19.1 Å². The van der Waals surface area contributed by atoms with Gasteiger partial charge in [-0.15, -0.1) is 0 Å². The number of quaternary nitrogens is 1. The summed E-state index contributed by atoms with van der Waals surface area (Å²) in [7, 11) is 0. The van der Waals surface area contributed by atoms with Crippen molar-refractivity contribution in [1.29, 1.82) is 0 Å². The number of furan rings is 1. The van der Waals surface area contributed by atoms with Gasteiger partial charge < -0.3 is 19.2 Å². The molecule has 0 unspecified atom stereocenters. The van der Waals surface area contributed by atoms with E-state index in [0.717, 1.165) is 36.4 Å². The molecule has 4 heteroatoms. The molecule has 0 spiro atoms. The molecule has 2 atom stereocenters. The van der Waals surface area contributed by atoms with Crippen LogP contribution in [0.25, 0.3) is 0 Å². The van der Waals surface area contributed by atoms with Gasteiger partial charge in [-0.1, -0.05) is 49.4 Å². The molecule has 1 fully saturated rings. The highest BCUT2D eigenvalue weighted by atomic mass is 16.5. The number of likely N-dealkylation sites (tertiary alicyclic amines) is 1. The number of aliphatic hydroxyl groups is 1. The lowest BCUT2D eigenvalue weighted by Crippen LogP contribution is -3.10. The number of benzene rings is 2. The van der Waals surface area contributed by atoms with Gasteiger partial charge in [0.2, 0.25) is 0 Å². The Hall–Kier alpha value is -2.56.